The van der Waals surface area contributed by atoms with Gasteiger partial charge in [-0.3, -0.25) is 4.79 Å². The van der Waals surface area contributed by atoms with Crippen molar-refractivity contribution in [2.75, 3.05) is 11.1 Å². The van der Waals surface area contributed by atoms with E-state index in [1.165, 1.54) is 0 Å². The molecule has 0 aliphatic carbocycles. The summed E-state index contributed by atoms with van der Waals surface area (Å²) in [5.74, 6) is -0.125. The Kier molecular flexibility index (Phi) is 3.86. The third kappa shape index (κ3) is 3.01. The van der Waals surface area contributed by atoms with E-state index in [1.807, 2.05) is 31.2 Å². The van der Waals surface area contributed by atoms with Crippen LogP contribution in [0.25, 0.3) is 0 Å². The standard InChI is InChI=1S/C14H13IN2O/c1-9-7-10(5-6-13(9)16)14(18)17-12-4-2-3-11(15)8-12/h2-8H,16H2,1H3,(H,17,18). The Hall–Kier alpha value is -1.56. The lowest BCUT2D eigenvalue weighted by Gasteiger charge is -2.07. The van der Waals surface area contributed by atoms with Gasteiger partial charge in [-0.1, -0.05) is 6.07 Å². The Labute approximate surface area is 120 Å². The molecule has 0 aliphatic heterocycles. The van der Waals surface area contributed by atoms with Crippen molar-refractivity contribution >= 4 is 39.9 Å². The summed E-state index contributed by atoms with van der Waals surface area (Å²) in [5, 5.41) is 2.86. The molecule has 0 fully saturated rings. The van der Waals surface area contributed by atoms with Crippen LogP contribution < -0.4 is 11.1 Å². The van der Waals surface area contributed by atoms with Crippen LogP contribution in [0.15, 0.2) is 42.5 Å². The summed E-state index contributed by atoms with van der Waals surface area (Å²) in [6.45, 7) is 1.89. The minimum Gasteiger partial charge on any atom is -0.399 e. The van der Waals surface area contributed by atoms with Gasteiger partial charge in [0, 0.05) is 20.5 Å². The number of nitrogens with two attached hydrogens (primary N) is 1. The lowest BCUT2D eigenvalue weighted by molar-refractivity contribution is 0.102. The Morgan fingerprint density at radius 2 is 2.00 bits per heavy atom. The molecule has 0 saturated heterocycles. The zero-order chi connectivity index (χ0) is 13.1. The number of nitrogen functional groups attached to an aromatic ring is 1. The maximum absolute atomic E-state index is 12.0. The molecule has 18 heavy (non-hydrogen) atoms. The first kappa shape index (κ1) is 12.9. The second kappa shape index (κ2) is 5.39. The molecular formula is C14H13IN2O. The molecule has 2 aromatic rings. The predicted octanol–water partition coefficient (Wildman–Crippen LogP) is 3.43. The molecule has 0 radical (unpaired) electrons. The molecule has 0 saturated carbocycles. The second-order valence-corrected chi connectivity index (χ2v) is 5.28. The fourth-order valence-corrected chi connectivity index (χ4v) is 2.13. The second-order valence-electron chi connectivity index (χ2n) is 4.04. The minimum atomic E-state index is -0.125. The van der Waals surface area contributed by atoms with Crippen LogP contribution in [-0.2, 0) is 0 Å². The highest BCUT2D eigenvalue weighted by atomic mass is 127. The van der Waals surface area contributed by atoms with E-state index in [9.17, 15) is 4.79 Å². The Morgan fingerprint density at radius 3 is 2.67 bits per heavy atom. The largest absolute Gasteiger partial charge is 0.399 e. The van der Waals surface area contributed by atoms with E-state index in [4.69, 9.17) is 5.73 Å². The number of benzene rings is 2. The predicted molar refractivity (Wildman–Crippen MR) is 82.7 cm³/mol. The van der Waals surface area contributed by atoms with Crippen LogP contribution >= 0.6 is 22.6 Å². The van der Waals surface area contributed by atoms with Gasteiger partial charge in [0.25, 0.3) is 5.91 Å². The number of rotatable bonds is 2. The lowest BCUT2D eigenvalue weighted by Crippen LogP contribution is -2.12. The third-order valence-corrected chi connectivity index (χ3v) is 3.29. The van der Waals surface area contributed by atoms with E-state index in [2.05, 4.69) is 27.9 Å². The van der Waals surface area contributed by atoms with Crippen molar-refractivity contribution in [1.82, 2.24) is 0 Å². The van der Waals surface area contributed by atoms with E-state index in [-0.39, 0.29) is 5.91 Å². The van der Waals surface area contributed by atoms with E-state index in [0.717, 1.165) is 14.8 Å². The van der Waals surface area contributed by atoms with Crippen LogP contribution in [0.4, 0.5) is 11.4 Å². The highest BCUT2D eigenvalue weighted by molar-refractivity contribution is 14.1. The highest BCUT2D eigenvalue weighted by Crippen LogP contribution is 2.16. The maximum Gasteiger partial charge on any atom is 0.255 e. The zero-order valence-electron chi connectivity index (χ0n) is 9.91. The number of carbonyl (C=O) groups is 1. The molecule has 92 valence electrons. The fourth-order valence-electron chi connectivity index (χ4n) is 1.59. The summed E-state index contributed by atoms with van der Waals surface area (Å²) in [6.07, 6.45) is 0. The molecule has 0 heterocycles. The summed E-state index contributed by atoms with van der Waals surface area (Å²) < 4.78 is 1.08. The van der Waals surface area contributed by atoms with Crippen LogP contribution in [0.5, 0.6) is 0 Å². The number of hydrogen-bond donors (Lipinski definition) is 2. The first-order chi connectivity index (χ1) is 8.56. The van der Waals surface area contributed by atoms with Crippen LogP contribution in [0, 0.1) is 10.5 Å². The monoisotopic (exact) mass is 352 g/mol. The van der Waals surface area contributed by atoms with Gasteiger partial charge in [0.15, 0.2) is 0 Å². The van der Waals surface area contributed by atoms with Crippen molar-refractivity contribution in [3.8, 4) is 0 Å². The number of aryl methyl sites for hydroxylation is 1. The molecule has 0 bridgehead atoms. The summed E-state index contributed by atoms with van der Waals surface area (Å²) in [4.78, 5) is 12.0. The molecule has 3 N–H and O–H groups in total. The smallest absolute Gasteiger partial charge is 0.255 e. The molecule has 2 aromatic carbocycles. The van der Waals surface area contributed by atoms with Crippen LogP contribution in [0.2, 0.25) is 0 Å². The van der Waals surface area contributed by atoms with E-state index in [0.29, 0.717) is 11.3 Å². The normalized spacial score (nSPS) is 10.1. The topological polar surface area (TPSA) is 55.1 Å². The van der Waals surface area contributed by atoms with Crippen LogP contribution in [0.1, 0.15) is 15.9 Å². The highest BCUT2D eigenvalue weighted by Gasteiger charge is 2.07. The van der Waals surface area contributed by atoms with E-state index in [1.54, 1.807) is 18.2 Å². The summed E-state index contributed by atoms with van der Waals surface area (Å²) >= 11 is 2.21. The van der Waals surface area contributed by atoms with Crippen LogP contribution in [0.3, 0.4) is 0 Å². The Bertz CT molecular complexity index is 596. The van der Waals surface area contributed by atoms with E-state index >= 15 is 0 Å². The van der Waals surface area contributed by atoms with Crippen molar-refractivity contribution < 1.29 is 4.79 Å². The van der Waals surface area contributed by atoms with Gasteiger partial charge in [0.05, 0.1) is 0 Å². The molecule has 0 aliphatic rings. The first-order valence-electron chi connectivity index (χ1n) is 5.49. The molecule has 2 rings (SSSR count). The minimum absolute atomic E-state index is 0.125. The number of halogens is 1. The van der Waals surface area contributed by atoms with Gasteiger partial charge in [0.2, 0.25) is 0 Å². The average Bonchev–Trinajstić information content (AvgIpc) is 2.32. The van der Waals surface area contributed by atoms with Crippen molar-refractivity contribution in [2.45, 2.75) is 6.92 Å². The summed E-state index contributed by atoms with van der Waals surface area (Å²) in [6, 6.07) is 12.9. The number of carbonyl (C=O) groups excluding carboxylic acids is 1. The number of hydrogen-bond acceptors (Lipinski definition) is 2. The van der Waals surface area contributed by atoms with Crippen molar-refractivity contribution in [2.24, 2.45) is 0 Å². The van der Waals surface area contributed by atoms with Gasteiger partial charge >= 0.3 is 0 Å². The zero-order valence-corrected chi connectivity index (χ0v) is 12.1. The van der Waals surface area contributed by atoms with Gasteiger partial charge < -0.3 is 11.1 Å². The Balaban J connectivity index is 2.19. The van der Waals surface area contributed by atoms with Crippen molar-refractivity contribution in [1.29, 1.82) is 0 Å². The average molecular weight is 352 g/mol. The molecule has 0 spiro atoms. The number of anilines is 2. The van der Waals surface area contributed by atoms with Gasteiger partial charge in [-0.2, -0.15) is 0 Å². The molecular weight excluding hydrogens is 339 g/mol. The molecule has 3 nitrogen and oxygen atoms in total. The summed E-state index contributed by atoms with van der Waals surface area (Å²) in [7, 11) is 0. The van der Waals surface area contributed by atoms with Crippen LogP contribution in [-0.4, -0.2) is 5.91 Å². The molecule has 4 heteroatoms. The summed E-state index contributed by atoms with van der Waals surface area (Å²) in [5.41, 5.74) is 8.74. The van der Waals surface area contributed by atoms with Gasteiger partial charge in [-0.25, -0.2) is 0 Å². The molecule has 1 amide bonds. The molecule has 0 unspecified atom stereocenters. The first-order valence-corrected chi connectivity index (χ1v) is 6.57. The number of nitrogens with one attached hydrogen (secondary N) is 1. The molecule has 0 aromatic heterocycles. The molecule has 0 atom stereocenters. The quantitative estimate of drug-likeness (QED) is 0.643. The van der Waals surface area contributed by atoms with Crippen molar-refractivity contribution in [3.05, 3.63) is 57.2 Å². The van der Waals surface area contributed by atoms with Crippen molar-refractivity contribution in [3.63, 3.8) is 0 Å². The Morgan fingerprint density at radius 1 is 1.22 bits per heavy atom. The van der Waals surface area contributed by atoms with Gasteiger partial charge in [-0.05, 0) is 71.5 Å². The third-order valence-electron chi connectivity index (χ3n) is 2.61. The maximum atomic E-state index is 12.0. The number of amides is 1. The SMILES string of the molecule is Cc1cc(C(=O)Nc2cccc(I)c2)ccc1N. The van der Waals surface area contributed by atoms with Gasteiger partial charge in [0.1, 0.15) is 0 Å². The van der Waals surface area contributed by atoms with E-state index < -0.39 is 0 Å². The lowest BCUT2D eigenvalue weighted by atomic mass is 10.1. The van der Waals surface area contributed by atoms with Gasteiger partial charge in [-0.15, -0.1) is 0 Å². The fraction of sp³-hybridized carbons (Fsp3) is 0.0714.